The van der Waals surface area contributed by atoms with E-state index in [4.69, 9.17) is 0 Å². The highest BCUT2D eigenvalue weighted by Gasteiger charge is 2.27. The number of likely N-dealkylation sites (tertiary alicyclic amines) is 1. The van der Waals surface area contributed by atoms with Gasteiger partial charge in [-0.1, -0.05) is 6.07 Å². The van der Waals surface area contributed by atoms with Crippen molar-refractivity contribution < 1.29 is 14.0 Å². The number of carbonyl (C=O) groups excluding carboxylic acids is 2. The zero-order chi connectivity index (χ0) is 24.2. The zero-order valence-corrected chi connectivity index (χ0v) is 19.8. The van der Waals surface area contributed by atoms with Crippen LogP contribution in [0.4, 0.5) is 15.0 Å². The highest BCUT2D eigenvalue weighted by molar-refractivity contribution is 5.93. The van der Waals surface area contributed by atoms with E-state index < -0.39 is 5.82 Å². The number of nitrogens with zero attached hydrogens (tertiary/aromatic N) is 5. The molecule has 0 spiro atoms. The summed E-state index contributed by atoms with van der Waals surface area (Å²) >= 11 is 0. The van der Waals surface area contributed by atoms with Crippen LogP contribution in [0.1, 0.15) is 36.1 Å². The van der Waals surface area contributed by atoms with Crippen LogP contribution in [0.15, 0.2) is 24.3 Å². The van der Waals surface area contributed by atoms with Crippen molar-refractivity contribution in [2.75, 3.05) is 51.1 Å². The van der Waals surface area contributed by atoms with Crippen molar-refractivity contribution in [1.82, 2.24) is 19.3 Å². The van der Waals surface area contributed by atoms with Crippen molar-refractivity contribution in [3.05, 3.63) is 46.9 Å². The Labute approximate surface area is 199 Å². The minimum atomic E-state index is -0.393. The van der Waals surface area contributed by atoms with E-state index in [0.717, 1.165) is 37.2 Å². The van der Waals surface area contributed by atoms with Gasteiger partial charge in [-0.15, -0.1) is 0 Å². The molecule has 0 bridgehead atoms. The summed E-state index contributed by atoms with van der Waals surface area (Å²) in [6.07, 6.45) is 3.31. The number of benzene rings is 1. The highest BCUT2D eigenvalue weighted by atomic mass is 19.1. The van der Waals surface area contributed by atoms with Gasteiger partial charge in [-0.2, -0.15) is 5.26 Å². The molecule has 8 nitrogen and oxygen atoms in total. The fourth-order valence-corrected chi connectivity index (χ4v) is 4.76. The molecule has 2 aliphatic heterocycles. The number of nitriles is 1. The number of nitrogens with one attached hydrogen (secondary N) is 1. The Kier molecular flexibility index (Phi) is 7.17. The van der Waals surface area contributed by atoms with Crippen LogP contribution in [0.3, 0.4) is 0 Å². The first-order valence-corrected chi connectivity index (χ1v) is 11.8. The number of piperazine rings is 1. The lowest BCUT2D eigenvalue weighted by Gasteiger charge is -2.38. The van der Waals surface area contributed by atoms with Gasteiger partial charge in [0.2, 0.25) is 5.91 Å². The second-order valence-corrected chi connectivity index (χ2v) is 9.00. The van der Waals surface area contributed by atoms with Crippen molar-refractivity contribution in [2.45, 2.75) is 33.1 Å². The maximum Gasteiger partial charge on any atom is 0.320 e. The van der Waals surface area contributed by atoms with Gasteiger partial charge in [-0.25, -0.2) is 9.18 Å². The Morgan fingerprint density at radius 3 is 2.35 bits per heavy atom. The SMILES string of the molecule is Cc1c(C#N)c(NC(=O)CN2CCN(C(=O)N3CCCCC3)CC2)n(-c2cccc(F)c2)c1C. The largest absolute Gasteiger partial charge is 0.325 e. The molecule has 0 unspecified atom stereocenters. The van der Waals surface area contributed by atoms with Crippen LogP contribution in [0.2, 0.25) is 0 Å². The molecule has 2 fully saturated rings. The zero-order valence-electron chi connectivity index (χ0n) is 19.8. The Hall–Kier alpha value is -3.38. The number of aromatic nitrogens is 1. The Morgan fingerprint density at radius 1 is 1.03 bits per heavy atom. The number of urea groups is 1. The minimum Gasteiger partial charge on any atom is -0.325 e. The maximum atomic E-state index is 13.9. The number of halogens is 1. The molecular weight excluding hydrogens is 435 g/mol. The van der Waals surface area contributed by atoms with Gasteiger partial charge in [0.05, 0.1) is 17.8 Å². The molecule has 3 amide bonds. The van der Waals surface area contributed by atoms with Crippen molar-refractivity contribution in [1.29, 1.82) is 5.26 Å². The van der Waals surface area contributed by atoms with Gasteiger partial charge in [0.15, 0.2) is 0 Å². The van der Waals surface area contributed by atoms with Gasteiger partial charge >= 0.3 is 6.03 Å². The number of amides is 3. The average molecular weight is 467 g/mol. The number of rotatable bonds is 4. The van der Waals surface area contributed by atoms with Crippen molar-refractivity contribution in [2.24, 2.45) is 0 Å². The molecule has 2 aromatic rings. The third-order valence-electron chi connectivity index (χ3n) is 6.79. The molecule has 180 valence electrons. The molecule has 1 aromatic heterocycles. The summed E-state index contributed by atoms with van der Waals surface area (Å²) in [6.45, 7) is 7.87. The molecule has 9 heteroatoms. The predicted molar refractivity (Wildman–Crippen MR) is 127 cm³/mol. The van der Waals surface area contributed by atoms with Gasteiger partial charge in [0, 0.05) is 45.0 Å². The molecule has 0 radical (unpaired) electrons. The molecule has 34 heavy (non-hydrogen) atoms. The van der Waals surface area contributed by atoms with E-state index in [-0.39, 0.29) is 18.5 Å². The van der Waals surface area contributed by atoms with Crippen molar-refractivity contribution >= 4 is 17.8 Å². The number of piperidine rings is 1. The van der Waals surface area contributed by atoms with Crippen LogP contribution >= 0.6 is 0 Å². The third-order valence-corrected chi connectivity index (χ3v) is 6.79. The summed E-state index contributed by atoms with van der Waals surface area (Å²) in [5.41, 5.74) is 2.42. The second kappa shape index (κ2) is 10.3. The minimum absolute atomic E-state index is 0.0985. The second-order valence-electron chi connectivity index (χ2n) is 9.00. The van der Waals surface area contributed by atoms with Crippen LogP contribution in [-0.2, 0) is 4.79 Å². The van der Waals surface area contributed by atoms with Crippen molar-refractivity contribution in [3.63, 3.8) is 0 Å². The van der Waals surface area contributed by atoms with Crippen LogP contribution in [-0.4, -0.2) is 77.0 Å². The van der Waals surface area contributed by atoms with Crippen LogP contribution < -0.4 is 5.32 Å². The van der Waals surface area contributed by atoms with Gasteiger partial charge < -0.3 is 15.1 Å². The van der Waals surface area contributed by atoms with E-state index in [1.807, 2.05) is 28.5 Å². The molecule has 0 atom stereocenters. The van der Waals surface area contributed by atoms with E-state index in [0.29, 0.717) is 43.2 Å². The summed E-state index contributed by atoms with van der Waals surface area (Å²) in [7, 11) is 0. The van der Waals surface area contributed by atoms with E-state index in [2.05, 4.69) is 11.4 Å². The number of hydrogen-bond donors (Lipinski definition) is 1. The normalized spacial score (nSPS) is 16.9. The van der Waals surface area contributed by atoms with Crippen LogP contribution in [0.5, 0.6) is 0 Å². The molecule has 4 rings (SSSR count). The van der Waals surface area contributed by atoms with E-state index in [1.54, 1.807) is 16.7 Å². The van der Waals surface area contributed by atoms with Crippen molar-refractivity contribution in [3.8, 4) is 11.8 Å². The standard InChI is InChI=1S/C25H31FN6O2/c1-18-19(2)32(21-8-6-7-20(26)15-21)24(22(18)16-27)28-23(33)17-29-11-13-31(14-12-29)25(34)30-9-4-3-5-10-30/h6-8,15H,3-5,9-14,17H2,1-2H3,(H,28,33). The number of anilines is 1. The van der Waals surface area contributed by atoms with E-state index in [9.17, 15) is 19.2 Å². The Morgan fingerprint density at radius 2 is 1.71 bits per heavy atom. The fourth-order valence-electron chi connectivity index (χ4n) is 4.76. The predicted octanol–water partition coefficient (Wildman–Crippen LogP) is 3.27. The highest BCUT2D eigenvalue weighted by Crippen LogP contribution is 2.30. The average Bonchev–Trinajstić information content (AvgIpc) is 3.08. The smallest absolute Gasteiger partial charge is 0.320 e. The molecule has 2 saturated heterocycles. The first-order chi connectivity index (χ1) is 16.4. The number of carbonyl (C=O) groups is 2. The van der Waals surface area contributed by atoms with Gasteiger partial charge in [-0.05, 0) is 56.9 Å². The molecule has 0 saturated carbocycles. The summed E-state index contributed by atoms with van der Waals surface area (Å²) in [5, 5.41) is 12.6. The van der Waals surface area contributed by atoms with Gasteiger partial charge in [0.1, 0.15) is 17.7 Å². The fraction of sp³-hybridized carbons (Fsp3) is 0.480. The lowest BCUT2D eigenvalue weighted by atomic mass is 10.1. The molecule has 0 aliphatic carbocycles. The lowest BCUT2D eigenvalue weighted by molar-refractivity contribution is -0.117. The first-order valence-electron chi connectivity index (χ1n) is 11.8. The van der Waals surface area contributed by atoms with Gasteiger partial charge in [0.25, 0.3) is 0 Å². The summed E-state index contributed by atoms with van der Waals surface area (Å²) in [6, 6.07) is 8.35. The monoisotopic (exact) mass is 466 g/mol. The molecule has 1 aromatic carbocycles. The number of hydrogen-bond acceptors (Lipinski definition) is 4. The maximum absolute atomic E-state index is 13.9. The molecule has 2 aliphatic rings. The van der Waals surface area contributed by atoms with E-state index in [1.165, 1.54) is 18.6 Å². The van der Waals surface area contributed by atoms with Crippen LogP contribution in [0.25, 0.3) is 5.69 Å². The van der Waals surface area contributed by atoms with Gasteiger partial charge in [-0.3, -0.25) is 14.3 Å². The summed E-state index contributed by atoms with van der Waals surface area (Å²) in [5.74, 6) is -0.287. The van der Waals surface area contributed by atoms with Crippen LogP contribution in [0, 0.1) is 31.0 Å². The Balaban J connectivity index is 1.41. The summed E-state index contributed by atoms with van der Waals surface area (Å²) < 4.78 is 15.6. The molecule has 1 N–H and O–H groups in total. The molecular formula is C25H31FN6O2. The third kappa shape index (κ3) is 4.92. The van der Waals surface area contributed by atoms with E-state index >= 15 is 0 Å². The molecule has 3 heterocycles. The lowest BCUT2D eigenvalue weighted by Crippen LogP contribution is -2.54. The Bertz CT molecular complexity index is 1110. The summed E-state index contributed by atoms with van der Waals surface area (Å²) in [4.78, 5) is 31.5. The topological polar surface area (TPSA) is 84.6 Å². The first kappa shape index (κ1) is 23.8. The quantitative estimate of drug-likeness (QED) is 0.750.